The van der Waals surface area contributed by atoms with Gasteiger partial charge in [-0.25, -0.2) is 4.39 Å². The molecule has 0 aromatic carbocycles. The van der Waals surface area contributed by atoms with Gasteiger partial charge >= 0.3 is 0 Å². The van der Waals surface area contributed by atoms with Gasteiger partial charge in [-0.2, -0.15) is 0 Å². The van der Waals surface area contributed by atoms with Crippen LogP contribution in [0.2, 0.25) is 0 Å². The van der Waals surface area contributed by atoms with Gasteiger partial charge in [-0.1, -0.05) is 13.8 Å². The van der Waals surface area contributed by atoms with Gasteiger partial charge < -0.3 is 9.69 Å². The Bertz CT molecular complexity index is 338. The minimum atomic E-state index is -0.710. The van der Waals surface area contributed by atoms with Gasteiger partial charge in [0.25, 0.3) is 0 Å². The maximum Gasteiger partial charge on any atom is 0.135 e. The normalized spacial score (nSPS) is 14.8. The van der Waals surface area contributed by atoms with Crippen molar-refractivity contribution in [3.8, 4) is 0 Å². The van der Waals surface area contributed by atoms with Crippen LogP contribution in [0, 0.1) is 0 Å². The van der Waals surface area contributed by atoms with E-state index in [1.54, 1.807) is 6.20 Å². The third-order valence-corrected chi connectivity index (χ3v) is 2.29. The molecule has 1 aromatic rings. The first-order chi connectivity index (χ1) is 7.79. The Labute approximate surface area is 95.3 Å². The molecule has 1 aliphatic rings. The van der Waals surface area contributed by atoms with Crippen LogP contribution in [-0.4, -0.2) is 30.5 Å². The number of hydrogen-bond donors (Lipinski definition) is 0. The van der Waals surface area contributed by atoms with Gasteiger partial charge in [0.15, 0.2) is 0 Å². The van der Waals surface area contributed by atoms with E-state index in [1.165, 1.54) is 0 Å². The topological polar surface area (TPSA) is 33.2 Å². The molecule has 0 unspecified atom stereocenters. The number of halogens is 1. The van der Waals surface area contributed by atoms with E-state index < -0.39 is 6.17 Å². The summed E-state index contributed by atoms with van der Waals surface area (Å²) < 4.78 is 12.6. The van der Waals surface area contributed by atoms with Crippen molar-refractivity contribution in [3.05, 3.63) is 24.0 Å². The van der Waals surface area contributed by atoms with E-state index in [0.29, 0.717) is 19.5 Å². The summed E-state index contributed by atoms with van der Waals surface area (Å²) in [5, 5.41) is 0. The van der Waals surface area contributed by atoms with Crippen molar-refractivity contribution < 1.29 is 9.18 Å². The molecule has 0 N–H and O–H groups in total. The maximum atomic E-state index is 12.6. The van der Waals surface area contributed by atoms with Gasteiger partial charge in [0.1, 0.15) is 12.5 Å². The fraction of sp³-hybridized carbons (Fsp3) is 0.500. The molecule has 1 fully saturated rings. The van der Waals surface area contributed by atoms with Gasteiger partial charge in [-0.3, -0.25) is 4.98 Å². The Hall–Kier alpha value is -1.45. The molecule has 0 atom stereocenters. The summed E-state index contributed by atoms with van der Waals surface area (Å²) in [7, 11) is 0. The first-order valence-corrected chi connectivity index (χ1v) is 5.57. The molecule has 0 radical (unpaired) electrons. The quantitative estimate of drug-likeness (QED) is 0.736. The Morgan fingerprint density at radius 3 is 2.81 bits per heavy atom. The summed E-state index contributed by atoms with van der Waals surface area (Å²) in [6, 6.07) is 3.67. The molecule has 4 heteroatoms. The number of carbonyl (C=O) groups excluding carboxylic acids is 1. The van der Waals surface area contributed by atoms with Gasteiger partial charge in [0.05, 0.1) is 13.1 Å². The monoisotopic (exact) mass is 224 g/mol. The zero-order valence-corrected chi connectivity index (χ0v) is 9.69. The Kier molecular flexibility index (Phi) is 4.89. The molecule has 3 nitrogen and oxygen atoms in total. The van der Waals surface area contributed by atoms with Crippen LogP contribution in [0.1, 0.15) is 19.5 Å². The second kappa shape index (κ2) is 6.20. The highest BCUT2D eigenvalue weighted by molar-refractivity contribution is 5.57. The average Bonchev–Trinajstić information content (AvgIpc) is 2.28. The van der Waals surface area contributed by atoms with Crippen molar-refractivity contribution in [2.24, 2.45) is 0 Å². The number of carbonyl (C=O) groups is 1. The summed E-state index contributed by atoms with van der Waals surface area (Å²) >= 11 is 0. The van der Waals surface area contributed by atoms with Gasteiger partial charge in [0.2, 0.25) is 0 Å². The summed E-state index contributed by atoms with van der Waals surface area (Å²) in [6.07, 6.45) is 2.08. The molecular formula is C12H17FN2O. The van der Waals surface area contributed by atoms with E-state index in [4.69, 9.17) is 0 Å². The Morgan fingerprint density at radius 1 is 1.56 bits per heavy atom. The molecule has 2 heterocycles. The first-order valence-electron chi connectivity index (χ1n) is 5.57. The lowest BCUT2D eigenvalue weighted by Crippen LogP contribution is -2.48. The molecule has 0 amide bonds. The highest BCUT2D eigenvalue weighted by atomic mass is 19.1. The fourth-order valence-corrected chi connectivity index (χ4v) is 1.49. The van der Waals surface area contributed by atoms with E-state index in [0.717, 1.165) is 17.7 Å². The number of aromatic nitrogens is 1. The van der Waals surface area contributed by atoms with Crippen LogP contribution in [0.3, 0.4) is 0 Å². The molecule has 1 saturated heterocycles. The standard InChI is InChI=1S/C10H11FN2O.C2H6/c11-8-6-13(7-8)10-1-3-12-9(5-10)2-4-14;1-2/h1,3-5,8H,2,6-7H2;1-2H3. The van der Waals surface area contributed by atoms with Crippen molar-refractivity contribution in [1.29, 1.82) is 0 Å². The van der Waals surface area contributed by atoms with Crippen molar-refractivity contribution >= 4 is 12.0 Å². The minimum Gasteiger partial charge on any atom is -0.365 e. The Balaban J connectivity index is 0.000000606. The number of aldehydes is 1. The maximum absolute atomic E-state index is 12.6. The van der Waals surface area contributed by atoms with E-state index in [1.807, 2.05) is 30.9 Å². The van der Waals surface area contributed by atoms with Crippen LogP contribution >= 0.6 is 0 Å². The zero-order chi connectivity index (χ0) is 12.0. The number of anilines is 1. The first kappa shape index (κ1) is 12.6. The van der Waals surface area contributed by atoms with Crippen molar-refractivity contribution in [2.75, 3.05) is 18.0 Å². The highest BCUT2D eigenvalue weighted by Crippen LogP contribution is 2.22. The summed E-state index contributed by atoms with van der Waals surface area (Å²) in [6.45, 7) is 4.90. The second-order valence-corrected chi connectivity index (χ2v) is 3.38. The van der Waals surface area contributed by atoms with E-state index >= 15 is 0 Å². The Morgan fingerprint density at radius 2 is 2.25 bits per heavy atom. The molecule has 88 valence electrons. The minimum absolute atomic E-state index is 0.320. The number of pyridine rings is 1. The smallest absolute Gasteiger partial charge is 0.135 e. The lowest BCUT2D eigenvalue weighted by molar-refractivity contribution is -0.107. The fourth-order valence-electron chi connectivity index (χ4n) is 1.49. The molecule has 0 saturated carbocycles. The molecule has 16 heavy (non-hydrogen) atoms. The molecule has 2 rings (SSSR count). The third kappa shape index (κ3) is 3.02. The molecule has 0 aliphatic carbocycles. The summed E-state index contributed by atoms with van der Waals surface area (Å²) in [5.41, 5.74) is 1.69. The molecule has 1 aromatic heterocycles. The van der Waals surface area contributed by atoms with Crippen LogP contribution in [0.5, 0.6) is 0 Å². The van der Waals surface area contributed by atoms with Crippen molar-refractivity contribution in [2.45, 2.75) is 26.4 Å². The van der Waals surface area contributed by atoms with Crippen molar-refractivity contribution in [1.82, 2.24) is 4.98 Å². The number of nitrogens with zero attached hydrogens (tertiary/aromatic N) is 2. The van der Waals surface area contributed by atoms with E-state index in [9.17, 15) is 9.18 Å². The van der Waals surface area contributed by atoms with E-state index in [2.05, 4.69) is 4.98 Å². The largest absolute Gasteiger partial charge is 0.365 e. The van der Waals surface area contributed by atoms with Gasteiger partial charge in [-0.05, 0) is 12.1 Å². The number of alkyl halides is 1. The van der Waals surface area contributed by atoms with E-state index in [-0.39, 0.29) is 0 Å². The predicted octanol–water partition coefficient (Wildman–Crippen LogP) is 2.01. The lowest BCUT2D eigenvalue weighted by Gasteiger charge is -2.36. The van der Waals surface area contributed by atoms with Crippen LogP contribution in [0.15, 0.2) is 18.3 Å². The molecular weight excluding hydrogens is 207 g/mol. The predicted molar refractivity (Wildman–Crippen MR) is 62.5 cm³/mol. The molecule has 0 spiro atoms. The number of rotatable bonds is 3. The van der Waals surface area contributed by atoms with Crippen LogP contribution < -0.4 is 4.90 Å². The lowest BCUT2D eigenvalue weighted by atomic mass is 10.1. The number of hydrogen-bond acceptors (Lipinski definition) is 3. The third-order valence-electron chi connectivity index (χ3n) is 2.29. The molecule has 1 aliphatic heterocycles. The highest BCUT2D eigenvalue weighted by Gasteiger charge is 2.26. The van der Waals surface area contributed by atoms with Crippen LogP contribution in [0.25, 0.3) is 0 Å². The van der Waals surface area contributed by atoms with Gasteiger partial charge in [0, 0.05) is 24.0 Å². The van der Waals surface area contributed by atoms with Gasteiger partial charge in [-0.15, -0.1) is 0 Å². The van der Waals surface area contributed by atoms with Crippen LogP contribution in [-0.2, 0) is 11.2 Å². The average molecular weight is 224 g/mol. The second-order valence-electron chi connectivity index (χ2n) is 3.38. The molecule has 0 bridgehead atoms. The zero-order valence-electron chi connectivity index (χ0n) is 9.69. The van der Waals surface area contributed by atoms with Crippen molar-refractivity contribution in [3.63, 3.8) is 0 Å². The summed E-state index contributed by atoms with van der Waals surface area (Å²) in [5.74, 6) is 0. The summed E-state index contributed by atoms with van der Waals surface area (Å²) in [4.78, 5) is 16.2. The van der Waals surface area contributed by atoms with Crippen LogP contribution in [0.4, 0.5) is 10.1 Å². The SMILES string of the molecule is CC.O=CCc1cc(N2CC(F)C2)ccn1.